The summed E-state index contributed by atoms with van der Waals surface area (Å²) in [5.74, 6) is 0.883. The predicted octanol–water partition coefficient (Wildman–Crippen LogP) is 5.35. The molecule has 0 radical (unpaired) electrons. The molecule has 0 spiro atoms. The molecule has 2 heterocycles. The number of hydrogen-bond donors (Lipinski definition) is 1. The lowest BCUT2D eigenvalue weighted by Gasteiger charge is -2.16. The maximum atomic E-state index is 13.1. The number of carbonyl (C=O) groups excluding carboxylic acids is 1. The molecule has 4 nitrogen and oxygen atoms in total. The largest absolute Gasteiger partial charge is 0.481 e. The van der Waals surface area contributed by atoms with Gasteiger partial charge in [-0.3, -0.25) is 4.79 Å². The molecule has 1 saturated heterocycles. The zero-order valence-electron chi connectivity index (χ0n) is 16.2. The standard InChI is InChI=1S/C22H20ClF3N2O2/c1-30-21-15(12-2-3-12)6-8-19(28-21)16(11-14-5-9-20(29)27-14)13-4-7-17(18(23)10-13)22(24,25)26/h4,6-8,10-12,14H,2-3,5,9H2,1H3,(H,27,29)/t14-/m1/s1. The van der Waals surface area contributed by atoms with Crippen molar-refractivity contribution in [1.29, 1.82) is 0 Å². The van der Waals surface area contributed by atoms with Crippen LogP contribution in [0.25, 0.3) is 5.57 Å². The van der Waals surface area contributed by atoms with Gasteiger partial charge in [0.15, 0.2) is 0 Å². The summed E-state index contributed by atoms with van der Waals surface area (Å²) in [6, 6.07) is 7.19. The maximum absolute atomic E-state index is 13.1. The van der Waals surface area contributed by atoms with Gasteiger partial charge in [0, 0.05) is 23.6 Å². The number of nitrogens with one attached hydrogen (secondary N) is 1. The van der Waals surface area contributed by atoms with Gasteiger partial charge < -0.3 is 10.1 Å². The van der Waals surface area contributed by atoms with Crippen LogP contribution in [0.5, 0.6) is 5.88 Å². The minimum absolute atomic E-state index is 0.0596. The molecular formula is C22H20ClF3N2O2. The first-order chi connectivity index (χ1) is 14.3. The van der Waals surface area contributed by atoms with Gasteiger partial charge in [0.25, 0.3) is 0 Å². The molecule has 0 unspecified atom stereocenters. The van der Waals surface area contributed by atoms with Gasteiger partial charge in [0.1, 0.15) is 0 Å². The lowest BCUT2D eigenvalue weighted by atomic mass is 9.97. The van der Waals surface area contributed by atoms with Gasteiger partial charge in [-0.05, 0) is 48.9 Å². The Bertz CT molecular complexity index is 1020. The summed E-state index contributed by atoms with van der Waals surface area (Å²) in [5.41, 5.74) is 1.77. The second-order valence-corrected chi connectivity index (χ2v) is 7.96. The van der Waals surface area contributed by atoms with Gasteiger partial charge in [-0.2, -0.15) is 13.2 Å². The number of amides is 1. The number of nitrogens with zero attached hydrogens (tertiary/aromatic N) is 1. The molecule has 1 N–H and O–H groups in total. The van der Waals surface area contributed by atoms with E-state index in [2.05, 4.69) is 10.3 Å². The fourth-order valence-electron chi connectivity index (χ4n) is 3.68. The van der Waals surface area contributed by atoms with E-state index in [1.807, 2.05) is 18.2 Å². The molecule has 158 valence electrons. The molecule has 2 fully saturated rings. The van der Waals surface area contributed by atoms with E-state index in [0.717, 1.165) is 24.5 Å². The van der Waals surface area contributed by atoms with Crippen LogP contribution in [-0.2, 0) is 11.0 Å². The number of halogens is 4. The Morgan fingerprint density at radius 2 is 2.00 bits per heavy atom. The Hall–Kier alpha value is -2.54. The summed E-state index contributed by atoms with van der Waals surface area (Å²) >= 11 is 5.96. The van der Waals surface area contributed by atoms with Crippen molar-refractivity contribution < 1.29 is 22.7 Å². The first-order valence-electron chi connectivity index (χ1n) is 9.70. The van der Waals surface area contributed by atoms with Crippen molar-refractivity contribution in [3.63, 3.8) is 0 Å². The Balaban J connectivity index is 1.79. The highest BCUT2D eigenvalue weighted by Gasteiger charge is 2.33. The van der Waals surface area contributed by atoms with Gasteiger partial charge in [-0.15, -0.1) is 0 Å². The summed E-state index contributed by atoms with van der Waals surface area (Å²) in [4.78, 5) is 16.2. The minimum atomic E-state index is -4.54. The summed E-state index contributed by atoms with van der Waals surface area (Å²) < 4.78 is 44.8. The third-order valence-corrected chi connectivity index (χ3v) is 5.67. The molecule has 8 heteroatoms. The number of methoxy groups -OCH3 is 1. The molecule has 30 heavy (non-hydrogen) atoms. The first kappa shape index (κ1) is 20.7. The van der Waals surface area contributed by atoms with Gasteiger partial charge in [0.05, 0.1) is 23.4 Å². The number of hydrogen-bond acceptors (Lipinski definition) is 3. The smallest absolute Gasteiger partial charge is 0.417 e. The summed E-state index contributed by atoms with van der Waals surface area (Å²) in [6.45, 7) is 0. The Kier molecular flexibility index (Phi) is 5.49. The zero-order valence-corrected chi connectivity index (χ0v) is 17.0. The van der Waals surface area contributed by atoms with Gasteiger partial charge >= 0.3 is 6.18 Å². The van der Waals surface area contributed by atoms with Gasteiger partial charge in [-0.25, -0.2) is 4.98 Å². The highest BCUT2D eigenvalue weighted by molar-refractivity contribution is 6.31. The predicted molar refractivity (Wildman–Crippen MR) is 107 cm³/mol. The van der Waals surface area contributed by atoms with Crippen LogP contribution in [-0.4, -0.2) is 24.0 Å². The van der Waals surface area contributed by atoms with E-state index in [1.54, 1.807) is 7.11 Å². The molecular weight excluding hydrogens is 417 g/mol. The van der Waals surface area contributed by atoms with Crippen molar-refractivity contribution in [2.24, 2.45) is 0 Å². The number of pyridine rings is 1. The molecule has 1 aromatic heterocycles. The van der Waals surface area contributed by atoms with Crippen LogP contribution < -0.4 is 10.1 Å². The van der Waals surface area contributed by atoms with Crippen molar-refractivity contribution in [1.82, 2.24) is 10.3 Å². The van der Waals surface area contributed by atoms with Crippen LogP contribution in [0.2, 0.25) is 5.02 Å². The quantitative estimate of drug-likeness (QED) is 0.687. The molecule has 2 aliphatic rings. The number of benzene rings is 1. The second kappa shape index (κ2) is 7.95. The molecule has 1 atom stereocenters. The number of rotatable bonds is 5. The molecule has 1 aliphatic heterocycles. The number of carbonyl (C=O) groups is 1. The lowest BCUT2D eigenvalue weighted by molar-refractivity contribution is -0.137. The molecule has 1 aliphatic carbocycles. The van der Waals surface area contributed by atoms with Crippen molar-refractivity contribution >= 4 is 23.1 Å². The monoisotopic (exact) mass is 436 g/mol. The fraction of sp³-hybridized carbons (Fsp3) is 0.364. The van der Waals surface area contributed by atoms with Crippen molar-refractivity contribution in [3.05, 3.63) is 63.8 Å². The summed E-state index contributed by atoms with van der Waals surface area (Å²) in [7, 11) is 1.55. The minimum Gasteiger partial charge on any atom is -0.481 e. The first-order valence-corrected chi connectivity index (χ1v) is 10.1. The van der Waals surface area contributed by atoms with Crippen LogP contribution in [0.1, 0.15) is 54.0 Å². The van der Waals surface area contributed by atoms with Crippen LogP contribution in [0.4, 0.5) is 13.2 Å². The molecule has 4 rings (SSSR count). The van der Waals surface area contributed by atoms with E-state index in [0.29, 0.717) is 41.5 Å². The molecule has 0 bridgehead atoms. The van der Waals surface area contributed by atoms with Crippen LogP contribution >= 0.6 is 11.6 Å². The summed E-state index contributed by atoms with van der Waals surface area (Å²) in [5, 5.41) is 2.47. The lowest BCUT2D eigenvalue weighted by Crippen LogP contribution is -2.23. The SMILES string of the molecule is COc1nc(C(=C[C@H]2CCC(=O)N2)c2ccc(C(F)(F)F)c(Cl)c2)ccc1C1CC1. The number of ether oxygens (including phenoxy) is 1. The highest BCUT2D eigenvalue weighted by Crippen LogP contribution is 2.44. The number of aromatic nitrogens is 1. The normalized spacial score (nSPS) is 19.7. The second-order valence-electron chi connectivity index (χ2n) is 7.55. The van der Waals surface area contributed by atoms with Crippen LogP contribution in [0.15, 0.2) is 36.4 Å². The summed E-state index contributed by atoms with van der Waals surface area (Å²) in [6.07, 6.45) is 0.466. The van der Waals surface area contributed by atoms with Crippen molar-refractivity contribution in [2.45, 2.75) is 43.8 Å². The van der Waals surface area contributed by atoms with E-state index in [-0.39, 0.29) is 17.0 Å². The van der Waals surface area contributed by atoms with E-state index in [4.69, 9.17) is 16.3 Å². The Labute approximate surface area is 177 Å². The van der Waals surface area contributed by atoms with Crippen molar-refractivity contribution in [3.8, 4) is 5.88 Å². The zero-order chi connectivity index (χ0) is 21.5. The third-order valence-electron chi connectivity index (χ3n) is 5.36. The molecule has 2 aromatic rings. The Morgan fingerprint density at radius 1 is 1.23 bits per heavy atom. The average Bonchev–Trinajstić information content (AvgIpc) is 3.46. The van der Waals surface area contributed by atoms with Gasteiger partial charge in [0.2, 0.25) is 11.8 Å². The maximum Gasteiger partial charge on any atom is 0.417 e. The average molecular weight is 437 g/mol. The van der Waals surface area contributed by atoms with E-state index >= 15 is 0 Å². The number of alkyl halides is 3. The van der Waals surface area contributed by atoms with E-state index < -0.39 is 11.7 Å². The molecule has 1 amide bonds. The van der Waals surface area contributed by atoms with Crippen molar-refractivity contribution in [2.75, 3.05) is 7.11 Å². The van der Waals surface area contributed by atoms with Gasteiger partial charge in [-0.1, -0.05) is 29.8 Å². The molecule has 1 saturated carbocycles. The fourth-order valence-corrected chi connectivity index (χ4v) is 3.96. The van der Waals surface area contributed by atoms with E-state index in [1.165, 1.54) is 12.1 Å². The molecule has 1 aromatic carbocycles. The van der Waals surface area contributed by atoms with Crippen LogP contribution in [0.3, 0.4) is 0 Å². The topological polar surface area (TPSA) is 51.2 Å². The Morgan fingerprint density at radius 3 is 2.57 bits per heavy atom. The van der Waals surface area contributed by atoms with E-state index in [9.17, 15) is 18.0 Å². The third kappa shape index (κ3) is 4.31. The van der Waals surface area contributed by atoms with Crippen LogP contribution in [0, 0.1) is 0 Å². The highest BCUT2D eigenvalue weighted by atomic mass is 35.5.